The Morgan fingerprint density at radius 2 is 1.38 bits per heavy atom. The molecule has 0 bridgehead atoms. The number of rotatable bonds is 5. The Labute approximate surface area is 325 Å². The number of para-hydroxylation sites is 1. The summed E-state index contributed by atoms with van der Waals surface area (Å²) in [5.74, 6) is 0. The van der Waals surface area contributed by atoms with Crippen LogP contribution in [0.2, 0.25) is 0 Å². The first-order valence-electron chi connectivity index (χ1n) is 21.2. The molecule has 257 valence electrons. The third-order valence-corrected chi connectivity index (χ3v) is 7.60. The zero-order valence-electron chi connectivity index (χ0n) is 39.0. The zero-order valence-corrected chi connectivity index (χ0v) is 31.4. The molecule has 0 saturated heterocycles. The number of furan rings is 1. The van der Waals surface area contributed by atoms with Crippen LogP contribution in [-0.4, -0.2) is 9.97 Å². The van der Waals surface area contributed by atoms with Gasteiger partial charge < -0.3 is 14.4 Å². The summed E-state index contributed by atoms with van der Waals surface area (Å²) in [6, 6.07) is 34.7. The van der Waals surface area contributed by atoms with Crippen LogP contribution in [-0.2, 0) is 32.9 Å². The second-order valence-electron chi connectivity index (χ2n) is 14.0. The molecule has 0 atom stereocenters. The maximum absolute atomic E-state index is 8.67. The van der Waals surface area contributed by atoms with E-state index in [0.29, 0.717) is 28.0 Å². The van der Waals surface area contributed by atoms with Gasteiger partial charge in [0.15, 0.2) is 0 Å². The van der Waals surface area contributed by atoms with Crippen LogP contribution in [0.4, 0.5) is 0 Å². The summed E-state index contributed by atoms with van der Waals surface area (Å²) in [6.45, 7) is 5.69. The maximum Gasteiger partial charge on any atom is 0.120 e. The molecule has 3 nitrogen and oxygen atoms in total. The minimum atomic E-state index is -2.64. The molecule has 0 aliphatic rings. The SMILES string of the molecule is [2H]C([2H])([2H])c1cnc(-c2[c-]ccc3c2oc2ccccc23)cc1-c1ccc(C([2H])([2H])C(C)(C)C)cc1C([2H])([2H])[2H].[2H]C([2H])(c1ccc(-c2[c-]cccc2)nc1)C(C)(C)C.[Ir]. The van der Waals surface area contributed by atoms with Crippen molar-refractivity contribution >= 4 is 21.9 Å². The fraction of sp³-hybridized carbons (Fsp3) is 0.261. The first-order valence-corrected chi connectivity index (χ1v) is 16.2. The molecule has 0 amide bonds. The second-order valence-corrected chi connectivity index (χ2v) is 14.0. The first kappa shape index (κ1) is 25.6. The Kier molecular flexibility index (Phi) is 7.80. The van der Waals surface area contributed by atoms with E-state index < -0.39 is 37.3 Å². The minimum absolute atomic E-state index is 0. The summed E-state index contributed by atoms with van der Waals surface area (Å²) in [5.41, 5.74) is 3.52. The smallest absolute Gasteiger partial charge is 0.120 e. The number of fused-ring (bicyclic) bond motifs is 3. The predicted octanol–water partition coefficient (Wildman–Crippen LogP) is 12.5. The molecule has 0 spiro atoms. The molecule has 3 aromatic heterocycles. The van der Waals surface area contributed by atoms with Gasteiger partial charge in [-0.3, -0.25) is 0 Å². The monoisotopic (exact) mass is 845 g/mol. The summed E-state index contributed by atoms with van der Waals surface area (Å²) in [5, 5.41) is 1.77. The van der Waals surface area contributed by atoms with Crippen molar-refractivity contribution in [3.63, 3.8) is 0 Å². The Balaban J connectivity index is 0.000000287. The van der Waals surface area contributed by atoms with E-state index in [1.54, 1.807) is 39.1 Å². The molecular weight excluding hydrogens is 789 g/mol. The van der Waals surface area contributed by atoms with E-state index in [-0.39, 0.29) is 47.9 Å². The summed E-state index contributed by atoms with van der Waals surface area (Å²) in [6.07, 6.45) is -0.368. The van der Waals surface area contributed by atoms with Crippen molar-refractivity contribution in [3.05, 3.63) is 144 Å². The fourth-order valence-electron chi connectivity index (χ4n) is 5.60. The van der Waals surface area contributed by atoms with Gasteiger partial charge in [-0.2, -0.15) is 0 Å². The molecule has 0 aliphatic carbocycles. The second kappa shape index (κ2) is 15.3. The topological polar surface area (TPSA) is 38.9 Å². The van der Waals surface area contributed by atoms with Crippen LogP contribution in [0.25, 0.3) is 55.6 Å². The van der Waals surface area contributed by atoms with Crippen LogP contribution in [0.3, 0.4) is 0 Å². The average Bonchev–Trinajstić information content (AvgIpc) is 3.55. The van der Waals surface area contributed by atoms with Gasteiger partial charge in [0.25, 0.3) is 0 Å². The Morgan fingerprint density at radius 3 is 2.08 bits per heavy atom. The molecule has 3 heterocycles. The number of pyridine rings is 2. The van der Waals surface area contributed by atoms with E-state index >= 15 is 0 Å². The number of aryl methyl sites for hydroxylation is 2. The van der Waals surface area contributed by atoms with E-state index in [1.807, 2.05) is 87.5 Å². The first-order chi connectivity index (χ1) is 27.3. The Bertz CT molecular complexity index is 2600. The van der Waals surface area contributed by atoms with Crippen molar-refractivity contribution in [1.29, 1.82) is 0 Å². The van der Waals surface area contributed by atoms with Crippen molar-refractivity contribution in [3.8, 4) is 33.6 Å². The molecule has 0 unspecified atom stereocenters. The van der Waals surface area contributed by atoms with Gasteiger partial charge in [-0.15, -0.1) is 54.1 Å². The van der Waals surface area contributed by atoms with Gasteiger partial charge in [0.05, 0.1) is 5.58 Å². The summed E-state index contributed by atoms with van der Waals surface area (Å²) >= 11 is 0. The van der Waals surface area contributed by atoms with Crippen LogP contribution in [0.1, 0.15) is 77.5 Å². The van der Waals surface area contributed by atoms with E-state index in [0.717, 1.165) is 22.0 Å². The van der Waals surface area contributed by atoms with Gasteiger partial charge >= 0.3 is 0 Å². The van der Waals surface area contributed by atoms with Crippen LogP contribution in [0.15, 0.2) is 114 Å². The van der Waals surface area contributed by atoms with Crippen molar-refractivity contribution < 1.29 is 38.2 Å². The van der Waals surface area contributed by atoms with E-state index in [4.69, 9.17) is 18.1 Å². The number of benzene rings is 4. The third kappa shape index (κ3) is 8.85. The van der Waals surface area contributed by atoms with Crippen molar-refractivity contribution in [2.24, 2.45) is 10.8 Å². The Hall–Kier alpha value is -4.37. The maximum atomic E-state index is 8.67. The molecule has 4 aromatic carbocycles. The Morgan fingerprint density at radius 1 is 0.660 bits per heavy atom. The zero-order chi connectivity index (χ0) is 43.3. The van der Waals surface area contributed by atoms with E-state index in [9.17, 15) is 0 Å². The summed E-state index contributed by atoms with van der Waals surface area (Å²) in [4.78, 5) is 8.81. The number of hydrogen-bond donors (Lipinski definition) is 0. The van der Waals surface area contributed by atoms with Crippen LogP contribution in [0, 0.1) is 36.7 Å². The standard InChI is InChI=1S/C30H28NO.C16H18N.Ir/c1-19-15-21(17-30(3,4)5)13-14-22(19)26-16-27(31-18-20(26)2)25-11-8-10-24-23-9-6-7-12-28(23)32-29(24)25;1-16(2,3)11-13-9-10-15(17-12-13)14-7-5-4-6-8-14;/h6-10,12-16,18H,17H2,1-5H3;4-7,9-10,12H,11H2,1-3H3;/q2*-1;/i1D3,2D3,17D2;11D2;. The van der Waals surface area contributed by atoms with Crippen molar-refractivity contribution in [1.82, 2.24) is 9.97 Å². The van der Waals surface area contributed by atoms with Crippen molar-refractivity contribution in [2.75, 3.05) is 0 Å². The summed E-state index contributed by atoms with van der Waals surface area (Å²) < 4.78 is 89.2. The molecule has 1 radical (unpaired) electrons. The van der Waals surface area contributed by atoms with Crippen molar-refractivity contribution in [2.45, 2.75) is 68.0 Å². The van der Waals surface area contributed by atoms with Gasteiger partial charge in [0.1, 0.15) is 5.58 Å². The molecule has 50 heavy (non-hydrogen) atoms. The van der Waals surface area contributed by atoms with E-state index in [2.05, 4.69) is 22.1 Å². The number of nitrogens with zero attached hydrogens (tertiary/aromatic N) is 2. The predicted molar refractivity (Wildman–Crippen MR) is 206 cm³/mol. The van der Waals surface area contributed by atoms with Crippen LogP contribution in [0.5, 0.6) is 0 Å². The van der Waals surface area contributed by atoms with E-state index in [1.165, 1.54) is 24.4 Å². The minimum Gasteiger partial charge on any atom is -0.501 e. The fourth-order valence-corrected chi connectivity index (χ4v) is 5.60. The molecule has 4 heteroatoms. The molecular formula is C46H46IrN2O-2. The molecule has 0 N–H and O–H groups in total. The molecule has 7 aromatic rings. The largest absolute Gasteiger partial charge is 0.501 e. The summed E-state index contributed by atoms with van der Waals surface area (Å²) in [7, 11) is 0. The van der Waals surface area contributed by atoms with Gasteiger partial charge in [-0.25, -0.2) is 0 Å². The number of hydrogen-bond acceptors (Lipinski definition) is 3. The average molecular weight is 845 g/mol. The van der Waals surface area contributed by atoms with Gasteiger partial charge in [-0.05, 0) is 88.1 Å². The number of aromatic nitrogens is 2. The third-order valence-electron chi connectivity index (χ3n) is 7.60. The van der Waals surface area contributed by atoms with Gasteiger partial charge in [-0.1, -0.05) is 107 Å². The quantitative estimate of drug-likeness (QED) is 0.162. The molecule has 0 saturated carbocycles. The van der Waals surface area contributed by atoms with Crippen LogP contribution >= 0.6 is 0 Å². The van der Waals surface area contributed by atoms with Gasteiger partial charge in [0.2, 0.25) is 0 Å². The molecule has 0 aliphatic heterocycles. The van der Waals surface area contributed by atoms with Gasteiger partial charge in [0, 0.05) is 51.6 Å². The van der Waals surface area contributed by atoms with Crippen LogP contribution < -0.4 is 0 Å². The normalized spacial score (nSPS) is 15.6. The molecule has 7 rings (SSSR count). The molecule has 0 fully saturated rings.